The highest BCUT2D eigenvalue weighted by Crippen LogP contribution is 2.34. The van der Waals surface area contributed by atoms with Gasteiger partial charge in [-0.3, -0.25) is 4.57 Å². The summed E-state index contributed by atoms with van der Waals surface area (Å²) in [6.45, 7) is 8.76. The molecule has 0 spiro atoms. The molecule has 0 N–H and O–H groups in total. The Balaban J connectivity index is 1.64. The average molecular weight is 398 g/mol. The highest BCUT2D eigenvalue weighted by atomic mass is 32.2. The minimum Gasteiger partial charge on any atom is -0.307 e. The van der Waals surface area contributed by atoms with Crippen LogP contribution in [0.2, 0.25) is 0 Å². The van der Waals surface area contributed by atoms with Gasteiger partial charge in [0, 0.05) is 40.0 Å². The molecule has 0 bridgehead atoms. The molecular weight excluding hydrogens is 374 g/mol. The normalized spacial score (nSPS) is 11.7. The summed E-state index contributed by atoms with van der Waals surface area (Å²) in [5.41, 5.74) is 4.62. The van der Waals surface area contributed by atoms with E-state index < -0.39 is 0 Å². The van der Waals surface area contributed by atoms with Gasteiger partial charge in [0.15, 0.2) is 11.0 Å². The van der Waals surface area contributed by atoms with Crippen LogP contribution in [0.5, 0.6) is 0 Å². The molecule has 4 rings (SSSR count). The highest BCUT2D eigenvalue weighted by molar-refractivity contribution is 7.98. The van der Waals surface area contributed by atoms with Crippen LogP contribution in [0, 0.1) is 6.92 Å². The summed E-state index contributed by atoms with van der Waals surface area (Å²) in [4.78, 5) is 6.05. The zero-order chi connectivity index (χ0) is 19.0. The first-order valence-corrected chi connectivity index (χ1v) is 11.0. The third kappa shape index (κ3) is 3.41. The zero-order valence-corrected chi connectivity index (χ0v) is 17.6. The van der Waals surface area contributed by atoms with Gasteiger partial charge in [-0.05, 0) is 44.9 Å². The number of aryl methyl sites for hydroxylation is 1. The smallest absolute Gasteiger partial charge is 0.192 e. The Labute approximate surface area is 167 Å². The van der Waals surface area contributed by atoms with Gasteiger partial charge in [0.1, 0.15) is 5.65 Å². The van der Waals surface area contributed by atoms with Crippen molar-refractivity contribution in [1.82, 2.24) is 24.1 Å². The van der Waals surface area contributed by atoms with Crippen molar-refractivity contribution in [1.29, 1.82) is 0 Å². The van der Waals surface area contributed by atoms with E-state index in [9.17, 15) is 0 Å². The van der Waals surface area contributed by atoms with E-state index in [0.29, 0.717) is 6.04 Å². The number of nitrogens with zero attached hydrogens (tertiary/aromatic N) is 5. The van der Waals surface area contributed by atoms with Crippen LogP contribution in [0.25, 0.3) is 17.0 Å². The van der Waals surface area contributed by atoms with Crippen molar-refractivity contribution in [2.75, 3.05) is 0 Å². The summed E-state index contributed by atoms with van der Waals surface area (Å²) < 4.78 is 4.30. The van der Waals surface area contributed by atoms with Crippen LogP contribution in [-0.2, 0) is 12.2 Å². The lowest BCUT2D eigenvalue weighted by Crippen LogP contribution is -2.05. The minimum absolute atomic E-state index is 0.295. The van der Waals surface area contributed by atoms with Crippen LogP contribution in [0.3, 0.4) is 0 Å². The summed E-state index contributed by atoms with van der Waals surface area (Å²) in [7, 11) is 0. The molecule has 0 amide bonds. The van der Waals surface area contributed by atoms with Gasteiger partial charge in [-0.15, -0.1) is 21.5 Å². The van der Waals surface area contributed by atoms with E-state index in [1.165, 1.54) is 16.0 Å². The van der Waals surface area contributed by atoms with Gasteiger partial charge in [0.05, 0.1) is 5.69 Å². The predicted octanol–water partition coefficient (Wildman–Crippen LogP) is 5.40. The lowest BCUT2D eigenvalue weighted by atomic mass is 10.1. The topological polar surface area (TPSA) is 48.0 Å². The molecule has 5 nitrogen and oxygen atoms in total. The van der Waals surface area contributed by atoms with Gasteiger partial charge in [-0.1, -0.05) is 24.8 Å². The van der Waals surface area contributed by atoms with Crippen molar-refractivity contribution in [3.05, 3.63) is 52.1 Å². The Morgan fingerprint density at radius 1 is 1.22 bits per heavy atom. The molecule has 7 heteroatoms. The monoisotopic (exact) mass is 397 g/mol. The second-order valence-corrected chi connectivity index (χ2v) is 8.82. The standard InChI is InChI=1S/C20H23N5S2/c1-5-16-14(4)26-12-17(16)19-22-23-20(25(19)13(2)3)27-11-15-10-24-9-7-6-8-18(24)21-15/h6-10,12-13H,5,11H2,1-4H3. The van der Waals surface area contributed by atoms with Crippen LogP contribution in [0.4, 0.5) is 0 Å². The van der Waals surface area contributed by atoms with Crippen LogP contribution >= 0.6 is 23.1 Å². The van der Waals surface area contributed by atoms with Crippen LogP contribution in [0.1, 0.15) is 42.9 Å². The maximum absolute atomic E-state index is 4.68. The first-order valence-electron chi connectivity index (χ1n) is 9.16. The molecule has 0 unspecified atom stereocenters. The second kappa shape index (κ2) is 7.48. The SMILES string of the molecule is CCc1c(-c2nnc(SCc3cn4ccccc4n3)n2C(C)C)csc1C. The maximum atomic E-state index is 4.68. The maximum Gasteiger partial charge on any atom is 0.192 e. The van der Waals surface area contributed by atoms with Crippen LogP contribution in [0.15, 0.2) is 41.1 Å². The molecule has 0 saturated heterocycles. The fourth-order valence-corrected chi connectivity index (χ4v) is 5.22. The third-order valence-electron chi connectivity index (χ3n) is 4.64. The van der Waals surface area contributed by atoms with Crippen molar-refractivity contribution in [2.45, 2.75) is 51.1 Å². The molecule has 4 heterocycles. The predicted molar refractivity (Wildman–Crippen MR) is 113 cm³/mol. The fourth-order valence-electron chi connectivity index (χ4n) is 3.33. The van der Waals surface area contributed by atoms with Gasteiger partial charge in [-0.2, -0.15) is 0 Å². The van der Waals surface area contributed by atoms with Crippen molar-refractivity contribution < 1.29 is 0 Å². The fraction of sp³-hybridized carbons (Fsp3) is 0.350. The number of aromatic nitrogens is 5. The first kappa shape index (κ1) is 18.3. The Morgan fingerprint density at radius 3 is 2.81 bits per heavy atom. The van der Waals surface area contributed by atoms with Crippen LogP contribution < -0.4 is 0 Å². The van der Waals surface area contributed by atoms with Gasteiger partial charge < -0.3 is 4.40 Å². The molecule has 0 saturated carbocycles. The molecule has 0 aromatic carbocycles. The van der Waals surface area contributed by atoms with Crippen LogP contribution in [-0.4, -0.2) is 24.1 Å². The number of fused-ring (bicyclic) bond motifs is 1. The molecule has 0 fully saturated rings. The highest BCUT2D eigenvalue weighted by Gasteiger charge is 2.20. The second-order valence-electron chi connectivity index (χ2n) is 6.79. The molecule has 4 aromatic heterocycles. The van der Waals surface area contributed by atoms with Crippen molar-refractivity contribution in [2.24, 2.45) is 0 Å². The molecule has 0 aliphatic carbocycles. The number of thiophene rings is 1. The summed E-state index contributed by atoms with van der Waals surface area (Å²) >= 11 is 3.49. The molecule has 0 radical (unpaired) electrons. The quantitative estimate of drug-likeness (QED) is 0.409. The molecule has 4 aromatic rings. The van der Waals surface area contributed by atoms with Gasteiger partial charge in [0.25, 0.3) is 0 Å². The van der Waals surface area contributed by atoms with E-state index in [0.717, 1.165) is 34.5 Å². The van der Waals surface area contributed by atoms with E-state index in [2.05, 4.69) is 63.4 Å². The van der Waals surface area contributed by atoms with E-state index in [1.54, 1.807) is 23.1 Å². The molecule has 0 aliphatic heterocycles. The lowest BCUT2D eigenvalue weighted by Gasteiger charge is -2.14. The van der Waals surface area contributed by atoms with Gasteiger partial charge in [0.2, 0.25) is 0 Å². The van der Waals surface area contributed by atoms with Crippen molar-refractivity contribution in [3.8, 4) is 11.4 Å². The Bertz CT molecular complexity index is 1040. The number of hydrogen-bond acceptors (Lipinski definition) is 5. The number of rotatable bonds is 6. The van der Waals surface area contributed by atoms with E-state index >= 15 is 0 Å². The summed E-state index contributed by atoms with van der Waals surface area (Å²) in [5, 5.41) is 12.2. The van der Waals surface area contributed by atoms with E-state index in [-0.39, 0.29) is 0 Å². The Kier molecular flexibility index (Phi) is 5.06. The average Bonchev–Trinajstić information content (AvgIpc) is 3.34. The van der Waals surface area contributed by atoms with E-state index in [1.807, 2.05) is 24.4 Å². The minimum atomic E-state index is 0.295. The Morgan fingerprint density at radius 2 is 2.07 bits per heavy atom. The van der Waals surface area contributed by atoms with Gasteiger partial charge >= 0.3 is 0 Å². The number of imidazole rings is 1. The largest absolute Gasteiger partial charge is 0.307 e. The summed E-state index contributed by atoms with van der Waals surface area (Å²) in [6.07, 6.45) is 5.12. The zero-order valence-electron chi connectivity index (χ0n) is 16.0. The molecule has 140 valence electrons. The third-order valence-corrected chi connectivity index (χ3v) is 6.57. The van der Waals surface area contributed by atoms with Crippen molar-refractivity contribution >= 4 is 28.7 Å². The first-order chi connectivity index (χ1) is 13.1. The molecular formula is C20H23N5S2. The van der Waals surface area contributed by atoms with Crippen molar-refractivity contribution in [3.63, 3.8) is 0 Å². The number of thioether (sulfide) groups is 1. The molecule has 0 atom stereocenters. The lowest BCUT2D eigenvalue weighted by molar-refractivity contribution is 0.555. The molecule has 0 aliphatic rings. The Hall–Kier alpha value is -2.12. The summed E-state index contributed by atoms with van der Waals surface area (Å²) in [6, 6.07) is 6.34. The number of hydrogen-bond donors (Lipinski definition) is 0. The van der Waals surface area contributed by atoms with Gasteiger partial charge in [-0.25, -0.2) is 4.98 Å². The van der Waals surface area contributed by atoms with E-state index in [4.69, 9.17) is 0 Å². The molecule has 27 heavy (non-hydrogen) atoms. The summed E-state index contributed by atoms with van der Waals surface area (Å²) in [5.74, 6) is 1.75. The number of pyridine rings is 1.